The monoisotopic (exact) mass is 659 g/mol. The van der Waals surface area contributed by atoms with Crippen molar-refractivity contribution in [3.63, 3.8) is 0 Å². The Hall–Kier alpha value is -2.57. The van der Waals surface area contributed by atoms with Crippen molar-refractivity contribution in [2.75, 3.05) is 19.8 Å². The Balaban J connectivity index is 1.59. The SMILES string of the molecule is CC(C)(C)[S+]([O-])NC(CCCCCC1(c2ncco2)OCCO1)c1c(C#N)nc(-c2ccc(F)cc2)n1COCC[Si](C)(C)C. The quantitative estimate of drug-likeness (QED) is 0.100. The van der Waals surface area contributed by atoms with Crippen molar-refractivity contribution in [3.05, 3.63) is 59.8 Å². The largest absolute Gasteiger partial charge is 0.598 e. The minimum atomic E-state index is -1.43. The van der Waals surface area contributed by atoms with Crippen molar-refractivity contribution in [2.24, 2.45) is 0 Å². The maximum atomic E-state index is 13.8. The molecule has 2 aromatic heterocycles. The van der Waals surface area contributed by atoms with Crippen molar-refractivity contribution in [2.45, 2.75) is 102 Å². The van der Waals surface area contributed by atoms with Gasteiger partial charge in [0.25, 0.3) is 5.89 Å². The summed E-state index contributed by atoms with van der Waals surface area (Å²) in [6, 6.07) is 8.82. The highest BCUT2D eigenvalue weighted by molar-refractivity contribution is 7.90. The van der Waals surface area contributed by atoms with Gasteiger partial charge in [-0.05, 0) is 63.9 Å². The third-order valence-corrected chi connectivity index (χ3v) is 10.9. The number of nitriles is 1. The molecular weight excluding hydrogens is 614 g/mol. The van der Waals surface area contributed by atoms with Crippen molar-refractivity contribution in [1.82, 2.24) is 19.3 Å². The van der Waals surface area contributed by atoms with Crippen LogP contribution in [0.1, 0.15) is 76.2 Å². The first kappa shape index (κ1) is 35.3. The van der Waals surface area contributed by atoms with Gasteiger partial charge in [0.05, 0.1) is 31.1 Å². The van der Waals surface area contributed by atoms with Crippen molar-refractivity contribution < 1.29 is 27.6 Å². The van der Waals surface area contributed by atoms with Crippen LogP contribution in [-0.2, 0) is 38.1 Å². The summed E-state index contributed by atoms with van der Waals surface area (Å²) >= 11 is -1.43. The molecule has 0 radical (unpaired) electrons. The molecule has 45 heavy (non-hydrogen) atoms. The van der Waals surface area contributed by atoms with E-state index in [4.69, 9.17) is 23.6 Å². The van der Waals surface area contributed by atoms with Gasteiger partial charge in [0.2, 0.25) is 5.79 Å². The number of hydrogen-bond donors (Lipinski definition) is 1. The lowest BCUT2D eigenvalue weighted by Crippen LogP contribution is -2.42. The van der Waals surface area contributed by atoms with Crippen LogP contribution in [0.15, 0.2) is 41.1 Å². The first-order valence-corrected chi connectivity index (χ1v) is 20.4. The molecule has 10 nitrogen and oxygen atoms in total. The maximum Gasteiger partial charge on any atom is 0.255 e. The fraction of sp³-hybridized carbons (Fsp3) is 0.594. The van der Waals surface area contributed by atoms with E-state index >= 15 is 0 Å². The summed E-state index contributed by atoms with van der Waals surface area (Å²) in [6.45, 7) is 14.3. The molecule has 0 spiro atoms. The van der Waals surface area contributed by atoms with Crippen LogP contribution in [-0.4, -0.2) is 51.7 Å². The number of ether oxygens (including phenoxy) is 3. The molecule has 1 saturated heterocycles. The van der Waals surface area contributed by atoms with Crippen molar-refractivity contribution in [1.29, 1.82) is 5.26 Å². The van der Waals surface area contributed by atoms with Gasteiger partial charge < -0.3 is 27.7 Å². The summed E-state index contributed by atoms with van der Waals surface area (Å²) in [7, 11) is -1.34. The van der Waals surface area contributed by atoms with Gasteiger partial charge in [0, 0.05) is 38.0 Å². The number of hydrogen-bond acceptors (Lipinski definition) is 9. The second-order valence-electron chi connectivity index (χ2n) is 13.5. The molecule has 1 aliphatic heterocycles. The molecule has 2 unspecified atom stereocenters. The molecule has 3 aromatic rings. The molecular formula is C32H46FN5O5SSi. The van der Waals surface area contributed by atoms with E-state index in [9.17, 15) is 14.2 Å². The van der Waals surface area contributed by atoms with Gasteiger partial charge >= 0.3 is 0 Å². The number of imidazole rings is 1. The summed E-state index contributed by atoms with van der Waals surface area (Å²) in [5, 5.41) is 10.3. The molecule has 0 saturated carbocycles. The number of nitrogens with one attached hydrogen (secondary N) is 1. The van der Waals surface area contributed by atoms with Gasteiger partial charge in [-0.15, -0.1) is 4.72 Å². The van der Waals surface area contributed by atoms with Crippen molar-refractivity contribution in [3.8, 4) is 17.5 Å². The zero-order valence-corrected chi connectivity index (χ0v) is 29.0. The Labute approximate surface area is 270 Å². The Kier molecular flexibility index (Phi) is 12.0. The second kappa shape index (κ2) is 15.3. The van der Waals surface area contributed by atoms with Crippen LogP contribution >= 0.6 is 0 Å². The second-order valence-corrected chi connectivity index (χ2v) is 21.1. The molecule has 0 bridgehead atoms. The highest BCUT2D eigenvalue weighted by Gasteiger charge is 2.42. The van der Waals surface area contributed by atoms with E-state index in [2.05, 4.69) is 35.4 Å². The molecule has 4 rings (SSSR count). The third kappa shape index (κ3) is 9.48. The Morgan fingerprint density at radius 2 is 1.89 bits per heavy atom. The van der Waals surface area contributed by atoms with Gasteiger partial charge in [0.15, 0.2) is 5.69 Å². The summed E-state index contributed by atoms with van der Waals surface area (Å²) in [5.41, 5.74) is 1.50. The molecule has 0 amide bonds. The van der Waals surface area contributed by atoms with Crippen LogP contribution in [0.4, 0.5) is 4.39 Å². The topological polar surface area (TPSA) is 130 Å². The van der Waals surface area contributed by atoms with Crippen LogP contribution in [0.2, 0.25) is 25.7 Å². The van der Waals surface area contributed by atoms with Crippen LogP contribution in [0.3, 0.4) is 0 Å². The summed E-state index contributed by atoms with van der Waals surface area (Å²) in [6.07, 6.45) is 6.64. The molecule has 1 aromatic carbocycles. The molecule has 1 N–H and O–H groups in total. The molecule has 1 fully saturated rings. The number of benzene rings is 1. The molecule has 3 heterocycles. The molecule has 13 heteroatoms. The number of aromatic nitrogens is 3. The first-order valence-electron chi connectivity index (χ1n) is 15.5. The zero-order valence-electron chi connectivity index (χ0n) is 27.2. The minimum Gasteiger partial charge on any atom is -0.598 e. The van der Waals surface area contributed by atoms with Gasteiger partial charge in [0.1, 0.15) is 35.5 Å². The van der Waals surface area contributed by atoms with Gasteiger partial charge in [-0.2, -0.15) is 5.26 Å². The fourth-order valence-corrected chi connectivity index (χ4v) is 6.66. The number of unbranched alkanes of at least 4 members (excludes halogenated alkanes) is 2. The molecule has 246 valence electrons. The average Bonchev–Trinajstić information content (AvgIpc) is 3.75. The molecule has 0 aliphatic carbocycles. The number of rotatable bonds is 16. The Morgan fingerprint density at radius 1 is 1.18 bits per heavy atom. The Bertz CT molecular complexity index is 1390. The highest BCUT2D eigenvalue weighted by Crippen LogP contribution is 2.36. The van der Waals surface area contributed by atoms with Crippen LogP contribution in [0.25, 0.3) is 11.4 Å². The standard InChI is InChI=1S/C32H46FN5O5SSi/c1-31(2,3)44(39)37-26(10-8-7-9-15-32(42-18-19-43-32)30-35-16-17-41-30)28-27(22-34)36-29(24-11-13-25(33)14-12-24)38(28)23-40-20-21-45(4,5)6/h11-14,16-17,26,37H,7-10,15,18-21,23H2,1-6H3. The number of halogens is 1. The van der Waals surface area contributed by atoms with Gasteiger partial charge in [-0.3, -0.25) is 0 Å². The average molecular weight is 660 g/mol. The van der Waals surface area contributed by atoms with E-state index in [-0.39, 0.29) is 18.2 Å². The van der Waals surface area contributed by atoms with E-state index in [1.807, 2.05) is 25.3 Å². The zero-order chi connectivity index (χ0) is 32.7. The van der Waals surface area contributed by atoms with Gasteiger partial charge in [-0.25, -0.2) is 14.4 Å². The lowest BCUT2D eigenvalue weighted by Gasteiger charge is -2.29. The van der Waals surface area contributed by atoms with Crippen molar-refractivity contribution >= 4 is 19.4 Å². The molecule has 1 aliphatic rings. The Morgan fingerprint density at radius 3 is 2.49 bits per heavy atom. The van der Waals surface area contributed by atoms with Gasteiger partial charge in [-0.1, -0.05) is 32.5 Å². The normalized spacial score (nSPS) is 16.5. The lowest BCUT2D eigenvalue weighted by atomic mass is 10.0. The van der Waals surface area contributed by atoms with E-state index < -0.39 is 36.0 Å². The predicted molar refractivity (Wildman–Crippen MR) is 173 cm³/mol. The predicted octanol–water partition coefficient (Wildman–Crippen LogP) is 6.80. The first-order chi connectivity index (χ1) is 21.3. The summed E-state index contributed by atoms with van der Waals surface area (Å²) in [4.78, 5) is 8.97. The fourth-order valence-electron chi connectivity index (χ4n) is 5.07. The van der Waals surface area contributed by atoms with E-state index in [0.717, 1.165) is 25.3 Å². The van der Waals surface area contributed by atoms with E-state index in [1.165, 1.54) is 18.4 Å². The smallest absolute Gasteiger partial charge is 0.255 e. The van der Waals surface area contributed by atoms with Crippen LogP contribution in [0.5, 0.6) is 0 Å². The lowest BCUT2D eigenvalue weighted by molar-refractivity contribution is -0.187. The van der Waals surface area contributed by atoms with Crippen LogP contribution in [0, 0.1) is 17.1 Å². The van der Waals surface area contributed by atoms with E-state index in [1.54, 1.807) is 18.3 Å². The molecule has 2 atom stereocenters. The number of nitrogens with zero attached hydrogens (tertiary/aromatic N) is 4. The summed E-state index contributed by atoms with van der Waals surface area (Å²) in [5.74, 6) is -0.405. The number of oxazole rings is 1. The highest BCUT2D eigenvalue weighted by atomic mass is 32.2. The maximum absolute atomic E-state index is 13.8. The third-order valence-electron chi connectivity index (χ3n) is 7.58. The van der Waals surface area contributed by atoms with E-state index in [0.29, 0.717) is 55.6 Å². The van der Waals surface area contributed by atoms with Crippen LogP contribution < -0.4 is 4.72 Å². The summed E-state index contributed by atoms with van der Waals surface area (Å²) < 4.78 is 55.5. The minimum absolute atomic E-state index is 0.162.